The van der Waals surface area contributed by atoms with Gasteiger partial charge >= 0.3 is 0 Å². The van der Waals surface area contributed by atoms with E-state index >= 15 is 0 Å². The summed E-state index contributed by atoms with van der Waals surface area (Å²) in [7, 11) is 1.73. The Balaban J connectivity index is 1.55. The number of benzene rings is 1. The van der Waals surface area contributed by atoms with Crippen LogP contribution >= 0.6 is 11.3 Å². The highest BCUT2D eigenvalue weighted by Gasteiger charge is 2.24. The van der Waals surface area contributed by atoms with Gasteiger partial charge in [0.1, 0.15) is 11.6 Å². The van der Waals surface area contributed by atoms with Crippen molar-refractivity contribution < 1.29 is 9.53 Å². The predicted octanol–water partition coefficient (Wildman–Crippen LogP) is 3.79. The first kappa shape index (κ1) is 20.3. The summed E-state index contributed by atoms with van der Waals surface area (Å²) >= 11 is 1.67. The van der Waals surface area contributed by atoms with Gasteiger partial charge in [-0.2, -0.15) is 0 Å². The molecule has 1 atom stereocenters. The van der Waals surface area contributed by atoms with Gasteiger partial charge in [0.2, 0.25) is 5.43 Å². The van der Waals surface area contributed by atoms with Crippen molar-refractivity contribution in [1.29, 1.82) is 0 Å². The molecule has 7 heteroatoms. The highest BCUT2D eigenvalue weighted by Crippen LogP contribution is 2.30. The van der Waals surface area contributed by atoms with Gasteiger partial charge in [-0.15, -0.1) is 11.3 Å². The van der Waals surface area contributed by atoms with Crippen molar-refractivity contribution in [2.24, 2.45) is 7.05 Å². The van der Waals surface area contributed by atoms with Gasteiger partial charge in [-0.3, -0.25) is 9.59 Å². The molecule has 0 saturated carbocycles. The van der Waals surface area contributed by atoms with Gasteiger partial charge in [0, 0.05) is 24.2 Å². The van der Waals surface area contributed by atoms with Gasteiger partial charge < -0.3 is 14.6 Å². The van der Waals surface area contributed by atoms with Crippen LogP contribution in [0.4, 0.5) is 0 Å². The third-order valence-corrected chi connectivity index (χ3v) is 6.60. The zero-order chi connectivity index (χ0) is 21.1. The van der Waals surface area contributed by atoms with Crippen LogP contribution in [-0.2, 0) is 26.5 Å². The van der Waals surface area contributed by atoms with E-state index in [1.165, 1.54) is 29.5 Å². The molecule has 2 heterocycles. The van der Waals surface area contributed by atoms with E-state index in [-0.39, 0.29) is 35.4 Å². The number of fused-ring (bicyclic) bond motifs is 1. The number of nitrogens with one attached hydrogen (secondary N) is 1. The van der Waals surface area contributed by atoms with Crippen molar-refractivity contribution in [2.45, 2.75) is 45.3 Å². The summed E-state index contributed by atoms with van der Waals surface area (Å²) in [5, 5.41) is 3.90. The lowest BCUT2D eigenvalue weighted by Crippen LogP contribution is -2.31. The molecule has 0 bridgehead atoms. The summed E-state index contributed by atoms with van der Waals surface area (Å²) in [6.07, 6.45) is 6.03. The Morgan fingerprint density at radius 1 is 1.23 bits per heavy atom. The van der Waals surface area contributed by atoms with Crippen molar-refractivity contribution in [1.82, 2.24) is 14.9 Å². The highest BCUT2D eigenvalue weighted by atomic mass is 32.1. The van der Waals surface area contributed by atoms with E-state index in [0.717, 1.165) is 23.4 Å². The number of aromatic nitrogens is 2. The number of hydrogen-bond donors (Lipinski definition) is 1. The average molecular weight is 424 g/mol. The molecule has 1 unspecified atom stereocenters. The van der Waals surface area contributed by atoms with Crippen molar-refractivity contribution in [3.8, 4) is 5.75 Å². The lowest BCUT2D eigenvalue weighted by molar-refractivity contribution is 0.0925. The van der Waals surface area contributed by atoms with Crippen LogP contribution in [0.15, 0.2) is 47.4 Å². The summed E-state index contributed by atoms with van der Waals surface area (Å²) < 4.78 is 7.42. The van der Waals surface area contributed by atoms with E-state index in [9.17, 15) is 9.59 Å². The third-order valence-electron chi connectivity index (χ3n) is 5.26. The van der Waals surface area contributed by atoms with Crippen molar-refractivity contribution in [3.05, 3.63) is 79.7 Å². The van der Waals surface area contributed by atoms with Crippen LogP contribution in [-0.4, -0.2) is 15.5 Å². The summed E-state index contributed by atoms with van der Waals surface area (Å²) in [6.45, 7) is 2.14. The molecule has 0 radical (unpaired) electrons. The number of nitrogens with zero attached hydrogens (tertiary/aromatic N) is 2. The number of carbonyl (C=O) groups is 1. The molecule has 4 rings (SSSR count). The first-order valence-corrected chi connectivity index (χ1v) is 11.0. The quantitative estimate of drug-likeness (QED) is 0.655. The second kappa shape index (κ2) is 8.83. The first-order chi connectivity index (χ1) is 14.5. The molecule has 1 aliphatic carbocycles. The fourth-order valence-electron chi connectivity index (χ4n) is 3.62. The highest BCUT2D eigenvalue weighted by molar-refractivity contribution is 7.11. The standard InChI is InChI=1S/C23H25N3O3S/c1-15(23-25-17-10-6-7-11-19(17)30-23)24-22(28)20-21(18(27)12-13-26(20)2)29-14-16-8-4-3-5-9-16/h3-5,8-9,12-13,15H,6-7,10-11,14H2,1-2H3,(H,24,28). The van der Waals surface area contributed by atoms with Gasteiger partial charge in [-0.25, -0.2) is 4.98 Å². The Morgan fingerprint density at radius 3 is 2.77 bits per heavy atom. The van der Waals surface area contributed by atoms with Gasteiger partial charge in [0.15, 0.2) is 11.4 Å². The van der Waals surface area contributed by atoms with Crippen molar-refractivity contribution in [3.63, 3.8) is 0 Å². The van der Waals surface area contributed by atoms with Gasteiger partial charge in [0.25, 0.3) is 5.91 Å². The zero-order valence-corrected chi connectivity index (χ0v) is 18.0. The van der Waals surface area contributed by atoms with Crippen LogP contribution in [0.25, 0.3) is 0 Å². The van der Waals surface area contributed by atoms with Crippen LogP contribution in [0, 0.1) is 0 Å². The second-order valence-electron chi connectivity index (χ2n) is 7.57. The van der Waals surface area contributed by atoms with Crippen LogP contribution in [0.2, 0.25) is 0 Å². The number of carbonyl (C=O) groups excluding carboxylic acids is 1. The van der Waals surface area contributed by atoms with Crippen LogP contribution in [0.5, 0.6) is 5.75 Å². The van der Waals surface area contributed by atoms with Gasteiger partial charge in [0.05, 0.1) is 11.7 Å². The summed E-state index contributed by atoms with van der Waals surface area (Å²) in [5.74, 6) is -0.286. The SMILES string of the molecule is CC(NC(=O)c1c(OCc2ccccc2)c(=O)ccn1C)c1nc2c(s1)CCCC2. The maximum absolute atomic E-state index is 13.1. The number of rotatable bonds is 6. The number of hydrogen-bond acceptors (Lipinski definition) is 5. The second-order valence-corrected chi connectivity index (χ2v) is 8.68. The maximum Gasteiger partial charge on any atom is 0.272 e. The van der Waals surface area contributed by atoms with E-state index in [0.29, 0.717) is 0 Å². The fraction of sp³-hybridized carbons (Fsp3) is 0.348. The summed E-state index contributed by atoms with van der Waals surface area (Å²) in [4.78, 5) is 31.7. The third kappa shape index (κ3) is 4.31. The van der Waals surface area contributed by atoms with E-state index < -0.39 is 0 Å². The lowest BCUT2D eigenvalue weighted by Gasteiger charge is -2.17. The van der Waals surface area contributed by atoms with Crippen LogP contribution in [0.3, 0.4) is 0 Å². The Hall–Kier alpha value is -2.93. The molecule has 0 fully saturated rings. The van der Waals surface area contributed by atoms with E-state index in [1.54, 1.807) is 29.1 Å². The van der Waals surface area contributed by atoms with Crippen LogP contribution in [0.1, 0.15) is 57.4 Å². The number of ether oxygens (including phenoxy) is 1. The number of pyridine rings is 1. The van der Waals surface area contributed by atoms with Crippen molar-refractivity contribution >= 4 is 17.2 Å². The molecule has 156 valence electrons. The van der Waals surface area contributed by atoms with E-state index in [4.69, 9.17) is 9.72 Å². The smallest absolute Gasteiger partial charge is 0.272 e. The topological polar surface area (TPSA) is 73.2 Å². The van der Waals surface area contributed by atoms with E-state index in [2.05, 4.69) is 5.32 Å². The van der Waals surface area contributed by atoms with Crippen LogP contribution < -0.4 is 15.5 Å². The number of thiazole rings is 1. The summed E-state index contributed by atoms with van der Waals surface area (Å²) in [6, 6.07) is 10.7. The molecule has 1 amide bonds. The molecule has 0 aliphatic heterocycles. The van der Waals surface area contributed by atoms with E-state index in [1.807, 2.05) is 37.3 Å². The molecule has 0 spiro atoms. The minimum absolute atomic E-state index is 0.0620. The largest absolute Gasteiger partial charge is 0.483 e. The molecule has 3 aromatic rings. The zero-order valence-electron chi connectivity index (χ0n) is 17.2. The first-order valence-electron chi connectivity index (χ1n) is 10.2. The monoisotopic (exact) mass is 423 g/mol. The maximum atomic E-state index is 13.1. The number of amides is 1. The minimum atomic E-state index is -0.348. The predicted molar refractivity (Wildman–Crippen MR) is 117 cm³/mol. The lowest BCUT2D eigenvalue weighted by atomic mass is 10.0. The molecular formula is C23H25N3O3S. The minimum Gasteiger partial charge on any atom is -0.483 e. The molecule has 1 aliphatic rings. The van der Waals surface area contributed by atoms with Gasteiger partial charge in [-0.05, 0) is 38.2 Å². The number of aryl methyl sites for hydroxylation is 3. The Morgan fingerprint density at radius 2 is 2.00 bits per heavy atom. The summed E-state index contributed by atoms with van der Waals surface area (Å²) in [5.41, 5.74) is 2.00. The molecule has 2 aromatic heterocycles. The molecule has 30 heavy (non-hydrogen) atoms. The average Bonchev–Trinajstić information content (AvgIpc) is 3.19. The fourth-order valence-corrected chi connectivity index (χ4v) is 4.78. The normalized spacial score (nSPS) is 14.1. The molecule has 6 nitrogen and oxygen atoms in total. The Labute approximate surface area is 179 Å². The Kier molecular flexibility index (Phi) is 5.99. The van der Waals surface area contributed by atoms with Crippen molar-refractivity contribution in [2.75, 3.05) is 0 Å². The van der Waals surface area contributed by atoms with Gasteiger partial charge in [-0.1, -0.05) is 30.3 Å². The Bertz CT molecular complexity index is 1080. The molecule has 1 N–H and O–H groups in total. The molecule has 1 aromatic carbocycles. The molecular weight excluding hydrogens is 398 g/mol. The molecule has 0 saturated heterocycles.